The fourth-order valence-electron chi connectivity index (χ4n) is 2.53. The molecule has 3 rings (SSSR count). The molecule has 0 unspecified atom stereocenters. The second-order valence-corrected chi connectivity index (χ2v) is 6.13. The van der Waals surface area contributed by atoms with E-state index in [1.54, 1.807) is 6.20 Å². The Morgan fingerprint density at radius 1 is 1.08 bits per heavy atom. The third-order valence-corrected chi connectivity index (χ3v) is 4.13. The number of pyridine rings is 1. The predicted molar refractivity (Wildman–Crippen MR) is 98.2 cm³/mol. The van der Waals surface area contributed by atoms with Crippen molar-refractivity contribution in [2.75, 3.05) is 5.32 Å². The number of hydrogen-bond acceptors (Lipinski definition) is 2. The van der Waals surface area contributed by atoms with Crippen LogP contribution in [-0.4, -0.2) is 10.9 Å². The number of nitrogens with one attached hydrogen (secondary N) is 1. The van der Waals surface area contributed by atoms with Gasteiger partial charge in [-0.05, 0) is 66.1 Å². The Hall–Kier alpha value is -2.72. The Morgan fingerprint density at radius 2 is 1.84 bits per heavy atom. The van der Waals surface area contributed by atoms with Crippen LogP contribution in [0.4, 0.5) is 10.1 Å². The number of benzene rings is 2. The lowest BCUT2D eigenvalue weighted by Gasteiger charge is -2.08. The van der Waals surface area contributed by atoms with Gasteiger partial charge in [-0.15, -0.1) is 0 Å². The van der Waals surface area contributed by atoms with E-state index < -0.39 is 5.82 Å². The van der Waals surface area contributed by atoms with Crippen molar-refractivity contribution in [3.8, 4) is 11.1 Å². The van der Waals surface area contributed by atoms with E-state index in [0.717, 1.165) is 16.8 Å². The number of nitrogens with zero attached hydrogens (tertiary/aromatic N) is 1. The van der Waals surface area contributed by atoms with E-state index in [-0.39, 0.29) is 12.3 Å². The van der Waals surface area contributed by atoms with Crippen LogP contribution in [0.25, 0.3) is 11.1 Å². The highest BCUT2D eigenvalue weighted by molar-refractivity contribution is 6.31. The molecule has 2 aromatic carbocycles. The van der Waals surface area contributed by atoms with E-state index in [1.165, 1.54) is 18.2 Å². The minimum absolute atomic E-state index is 0.0158. The lowest BCUT2D eigenvalue weighted by Crippen LogP contribution is -2.14. The zero-order valence-electron chi connectivity index (χ0n) is 13.6. The molecule has 0 bridgehead atoms. The van der Waals surface area contributed by atoms with Crippen molar-refractivity contribution in [3.63, 3.8) is 0 Å². The molecule has 0 spiro atoms. The molecular formula is C20H16ClFN2O. The standard InChI is InChI=1S/C20H16ClFN2O/c1-13-10-15(8-9-23-13)14-2-5-18(6-3-14)24-20(25)12-16-11-17(22)4-7-19(16)21/h2-11H,12H2,1H3,(H,24,25). The molecule has 0 fully saturated rings. The van der Waals surface area contributed by atoms with Crippen molar-refractivity contribution in [2.45, 2.75) is 13.3 Å². The highest BCUT2D eigenvalue weighted by Gasteiger charge is 2.09. The fraction of sp³-hybridized carbons (Fsp3) is 0.100. The molecule has 1 N–H and O–H groups in total. The highest BCUT2D eigenvalue weighted by Crippen LogP contribution is 2.22. The smallest absolute Gasteiger partial charge is 0.228 e. The number of aromatic nitrogens is 1. The summed E-state index contributed by atoms with van der Waals surface area (Å²) in [5.41, 5.74) is 4.19. The lowest BCUT2D eigenvalue weighted by atomic mass is 10.1. The summed E-state index contributed by atoms with van der Waals surface area (Å²) < 4.78 is 13.3. The van der Waals surface area contributed by atoms with E-state index in [0.29, 0.717) is 16.3 Å². The molecule has 5 heteroatoms. The normalized spacial score (nSPS) is 10.5. The van der Waals surface area contributed by atoms with Crippen molar-refractivity contribution in [2.24, 2.45) is 0 Å². The number of carbonyl (C=O) groups is 1. The third-order valence-electron chi connectivity index (χ3n) is 3.76. The Morgan fingerprint density at radius 3 is 2.56 bits per heavy atom. The molecule has 25 heavy (non-hydrogen) atoms. The van der Waals surface area contributed by atoms with Crippen LogP contribution in [0.1, 0.15) is 11.3 Å². The summed E-state index contributed by atoms with van der Waals surface area (Å²) in [5.74, 6) is -0.663. The van der Waals surface area contributed by atoms with E-state index in [4.69, 9.17) is 11.6 Å². The summed E-state index contributed by atoms with van der Waals surface area (Å²) in [6.45, 7) is 1.94. The second-order valence-electron chi connectivity index (χ2n) is 5.72. The van der Waals surface area contributed by atoms with E-state index >= 15 is 0 Å². The summed E-state index contributed by atoms with van der Waals surface area (Å²) in [4.78, 5) is 16.3. The number of halogens is 2. The minimum atomic E-state index is -0.413. The van der Waals surface area contributed by atoms with Gasteiger partial charge in [0, 0.05) is 22.6 Å². The van der Waals surface area contributed by atoms with Gasteiger partial charge in [0.05, 0.1) is 6.42 Å². The molecule has 126 valence electrons. The third kappa shape index (κ3) is 4.43. The Labute approximate surface area is 150 Å². The van der Waals surface area contributed by atoms with Crippen LogP contribution in [0.3, 0.4) is 0 Å². The maximum absolute atomic E-state index is 13.3. The van der Waals surface area contributed by atoms with Gasteiger partial charge in [0.2, 0.25) is 5.91 Å². The first-order chi connectivity index (χ1) is 12.0. The summed E-state index contributed by atoms with van der Waals surface area (Å²) in [7, 11) is 0. The molecule has 0 radical (unpaired) electrons. The Bertz CT molecular complexity index is 910. The highest BCUT2D eigenvalue weighted by atomic mass is 35.5. The first kappa shape index (κ1) is 17.1. The van der Waals surface area contributed by atoms with Gasteiger partial charge >= 0.3 is 0 Å². The van der Waals surface area contributed by atoms with Crippen LogP contribution in [0.5, 0.6) is 0 Å². The maximum Gasteiger partial charge on any atom is 0.228 e. The SMILES string of the molecule is Cc1cc(-c2ccc(NC(=O)Cc3cc(F)ccc3Cl)cc2)ccn1. The fourth-order valence-corrected chi connectivity index (χ4v) is 2.71. The van der Waals surface area contributed by atoms with Crippen LogP contribution < -0.4 is 5.32 Å². The topological polar surface area (TPSA) is 42.0 Å². The number of hydrogen-bond donors (Lipinski definition) is 1. The van der Waals surface area contributed by atoms with Gasteiger partial charge in [0.15, 0.2) is 0 Å². The number of carbonyl (C=O) groups excluding carboxylic acids is 1. The largest absolute Gasteiger partial charge is 0.326 e. The Kier molecular flexibility index (Phi) is 5.10. The van der Waals surface area contributed by atoms with Gasteiger partial charge < -0.3 is 5.32 Å². The van der Waals surface area contributed by atoms with Crippen LogP contribution in [0.15, 0.2) is 60.8 Å². The molecule has 1 heterocycles. The summed E-state index contributed by atoms with van der Waals surface area (Å²) in [6, 6.07) is 15.4. The molecule has 0 aliphatic heterocycles. The molecule has 0 aliphatic rings. The summed E-state index contributed by atoms with van der Waals surface area (Å²) in [5, 5.41) is 3.17. The maximum atomic E-state index is 13.3. The molecule has 1 amide bonds. The number of rotatable bonds is 4. The van der Waals surface area contributed by atoms with Gasteiger partial charge in [-0.2, -0.15) is 0 Å². The monoisotopic (exact) mass is 354 g/mol. The Balaban J connectivity index is 1.69. The van der Waals surface area contributed by atoms with Crippen molar-refractivity contribution in [1.29, 1.82) is 0 Å². The molecular weight excluding hydrogens is 339 g/mol. The summed E-state index contributed by atoms with van der Waals surface area (Å²) in [6.07, 6.45) is 1.78. The van der Waals surface area contributed by atoms with Crippen molar-refractivity contribution < 1.29 is 9.18 Å². The zero-order chi connectivity index (χ0) is 17.8. The van der Waals surface area contributed by atoms with Crippen LogP contribution in [-0.2, 0) is 11.2 Å². The van der Waals surface area contributed by atoms with E-state index in [9.17, 15) is 9.18 Å². The second kappa shape index (κ2) is 7.45. The quantitative estimate of drug-likeness (QED) is 0.714. The zero-order valence-corrected chi connectivity index (χ0v) is 14.3. The van der Waals surface area contributed by atoms with Gasteiger partial charge in [0.1, 0.15) is 5.82 Å². The van der Waals surface area contributed by atoms with Crippen molar-refractivity contribution >= 4 is 23.2 Å². The van der Waals surface area contributed by atoms with E-state index in [1.807, 2.05) is 43.3 Å². The molecule has 3 nitrogen and oxygen atoms in total. The average Bonchev–Trinajstić information content (AvgIpc) is 2.59. The summed E-state index contributed by atoms with van der Waals surface area (Å²) >= 11 is 5.99. The lowest BCUT2D eigenvalue weighted by molar-refractivity contribution is -0.115. The molecule has 0 aliphatic carbocycles. The van der Waals surface area contributed by atoms with Crippen molar-refractivity contribution in [3.05, 3.63) is 82.9 Å². The minimum Gasteiger partial charge on any atom is -0.326 e. The van der Waals surface area contributed by atoms with Gasteiger partial charge in [0.25, 0.3) is 0 Å². The van der Waals surface area contributed by atoms with Gasteiger partial charge in [-0.1, -0.05) is 23.7 Å². The first-order valence-electron chi connectivity index (χ1n) is 7.78. The van der Waals surface area contributed by atoms with Crippen LogP contribution in [0, 0.1) is 12.7 Å². The first-order valence-corrected chi connectivity index (χ1v) is 8.16. The van der Waals surface area contributed by atoms with Gasteiger partial charge in [-0.3, -0.25) is 9.78 Å². The number of amides is 1. The molecule has 0 atom stereocenters. The average molecular weight is 355 g/mol. The number of anilines is 1. The molecule has 3 aromatic rings. The van der Waals surface area contributed by atoms with Crippen LogP contribution in [0.2, 0.25) is 5.02 Å². The van der Waals surface area contributed by atoms with E-state index in [2.05, 4.69) is 10.3 Å². The predicted octanol–water partition coefficient (Wildman–Crippen LogP) is 5.03. The molecule has 1 aromatic heterocycles. The van der Waals surface area contributed by atoms with Crippen LogP contribution >= 0.6 is 11.6 Å². The number of aryl methyl sites for hydroxylation is 1. The molecule has 0 saturated heterocycles. The molecule has 0 saturated carbocycles. The van der Waals surface area contributed by atoms with Crippen molar-refractivity contribution in [1.82, 2.24) is 4.98 Å². The van der Waals surface area contributed by atoms with Gasteiger partial charge in [-0.25, -0.2) is 4.39 Å².